The topological polar surface area (TPSA) is 78.8 Å². The van der Waals surface area contributed by atoms with Gasteiger partial charge in [0.25, 0.3) is 0 Å². The van der Waals surface area contributed by atoms with Gasteiger partial charge >= 0.3 is 0 Å². The first kappa shape index (κ1) is 24.2. The molecule has 1 aromatic carbocycles. The van der Waals surface area contributed by atoms with Crippen LogP contribution in [0.15, 0.2) is 49.3 Å². The maximum atomic E-state index is 11.8. The van der Waals surface area contributed by atoms with Crippen molar-refractivity contribution >= 4 is 23.1 Å². The van der Waals surface area contributed by atoms with E-state index in [4.69, 9.17) is 9.72 Å². The number of fused-ring (bicyclic) bond motifs is 3. The van der Waals surface area contributed by atoms with Crippen LogP contribution in [-0.4, -0.2) is 69.2 Å². The van der Waals surface area contributed by atoms with Crippen molar-refractivity contribution in [3.63, 3.8) is 0 Å². The molecule has 4 aliphatic rings. The Morgan fingerprint density at radius 2 is 2.03 bits per heavy atom. The summed E-state index contributed by atoms with van der Waals surface area (Å²) < 4.78 is 8.25. The minimum atomic E-state index is 0.0441. The van der Waals surface area contributed by atoms with Gasteiger partial charge in [0.2, 0.25) is 5.91 Å². The lowest BCUT2D eigenvalue weighted by molar-refractivity contribution is -0.133. The van der Waals surface area contributed by atoms with Crippen LogP contribution in [0.2, 0.25) is 0 Å². The second-order valence-electron chi connectivity index (χ2n) is 11.2. The molecule has 4 aliphatic heterocycles. The van der Waals surface area contributed by atoms with Gasteiger partial charge in [0.1, 0.15) is 18.2 Å². The molecule has 1 N–H and O–H groups in total. The fraction of sp³-hybridized carbons (Fsp3) is 0.433. The van der Waals surface area contributed by atoms with Crippen LogP contribution in [0.3, 0.4) is 0 Å². The van der Waals surface area contributed by atoms with E-state index in [1.54, 1.807) is 0 Å². The summed E-state index contributed by atoms with van der Waals surface area (Å²) in [4.78, 5) is 23.3. The van der Waals surface area contributed by atoms with Crippen LogP contribution in [0.25, 0.3) is 0 Å². The molecule has 9 nitrogen and oxygen atoms in total. The fourth-order valence-corrected chi connectivity index (χ4v) is 6.58. The van der Waals surface area contributed by atoms with Gasteiger partial charge in [-0.3, -0.25) is 14.4 Å². The summed E-state index contributed by atoms with van der Waals surface area (Å²) in [5.41, 5.74) is 7.10. The van der Waals surface area contributed by atoms with Gasteiger partial charge in [0.15, 0.2) is 0 Å². The van der Waals surface area contributed by atoms with E-state index < -0.39 is 0 Å². The van der Waals surface area contributed by atoms with E-state index >= 15 is 0 Å². The van der Waals surface area contributed by atoms with Crippen LogP contribution >= 0.6 is 0 Å². The molecule has 0 atom stereocenters. The van der Waals surface area contributed by atoms with E-state index in [-0.39, 0.29) is 5.91 Å². The zero-order valence-electron chi connectivity index (χ0n) is 22.5. The summed E-state index contributed by atoms with van der Waals surface area (Å²) in [7, 11) is 1.99. The Bertz CT molecular complexity index is 1420. The number of rotatable bonds is 4. The second kappa shape index (κ2) is 9.72. The van der Waals surface area contributed by atoms with Crippen LogP contribution in [0, 0.1) is 0 Å². The molecule has 7 rings (SSSR count). The van der Waals surface area contributed by atoms with Gasteiger partial charge < -0.3 is 19.9 Å². The van der Waals surface area contributed by atoms with Crippen LogP contribution in [0.1, 0.15) is 41.1 Å². The standard InChI is InChI=1S/C30H35N7O2/c1-3-29(38)37-17-23(18-37)35-11-7-20(8-12-35)21-4-5-28-26(14-21)32-30-24(19-39-28)27(6-10-31-30)36-13-9-25-22(16-36)15-34(2)33-25/h3-6,10,14-15,20,23H,1,7-9,11-13,16-19H2,2H3,(H,31,32). The van der Waals surface area contributed by atoms with E-state index in [1.807, 2.05) is 22.8 Å². The van der Waals surface area contributed by atoms with E-state index in [0.717, 1.165) is 81.3 Å². The molecule has 0 saturated carbocycles. The highest BCUT2D eigenvalue weighted by atomic mass is 16.5. The van der Waals surface area contributed by atoms with E-state index in [2.05, 4.69) is 57.3 Å². The first-order chi connectivity index (χ1) is 19.1. The summed E-state index contributed by atoms with van der Waals surface area (Å²) in [5.74, 6) is 2.31. The molecular formula is C30H35N7O2. The molecule has 2 aromatic heterocycles. The summed E-state index contributed by atoms with van der Waals surface area (Å²) >= 11 is 0. The molecule has 6 heterocycles. The van der Waals surface area contributed by atoms with Crippen molar-refractivity contribution in [1.29, 1.82) is 0 Å². The van der Waals surface area contributed by atoms with Gasteiger partial charge in [-0.25, -0.2) is 4.98 Å². The predicted molar refractivity (Wildman–Crippen MR) is 150 cm³/mol. The molecule has 2 fully saturated rings. The monoisotopic (exact) mass is 525 g/mol. The number of anilines is 3. The maximum Gasteiger partial charge on any atom is 0.246 e. The molecule has 3 aromatic rings. The third-order valence-electron chi connectivity index (χ3n) is 8.84. The summed E-state index contributed by atoms with van der Waals surface area (Å²) in [6, 6.07) is 9.19. The number of hydrogen-bond donors (Lipinski definition) is 1. The van der Waals surface area contributed by atoms with Crippen molar-refractivity contribution in [2.24, 2.45) is 7.05 Å². The lowest BCUT2D eigenvalue weighted by atomic mass is 9.88. The smallest absolute Gasteiger partial charge is 0.246 e. The molecule has 0 radical (unpaired) electrons. The second-order valence-corrected chi connectivity index (χ2v) is 11.2. The number of carbonyl (C=O) groups excluding carboxylic acids is 1. The molecule has 0 spiro atoms. The van der Waals surface area contributed by atoms with Crippen molar-refractivity contribution < 1.29 is 9.53 Å². The maximum absolute atomic E-state index is 11.8. The Morgan fingerprint density at radius 3 is 2.85 bits per heavy atom. The number of piperidine rings is 1. The molecule has 0 unspecified atom stereocenters. The number of benzene rings is 1. The largest absolute Gasteiger partial charge is 0.487 e. The highest BCUT2D eigenvalue weighted by Crippen LogP contribution is 2.40. The molecule has 1 amide bonds. The minimum Gasteiger partial charge on any atom is -0.487 e. The highest BCUT2D eigenvalue weighted by Gasteiger charge is 2.36. The Balaban J connectivity index is 1.04. The number of ether oxygens (including phenoxy) is 1. The fourth-order valence-electron chi connectivity index (χ4n) is 6.58. The number of likely N-dealkylation sites (tertiary alicyclic amines) is 2. The van der Waals surface area contributed by atoms with Gasteiger partial charge in [-0.15, -0.1) is 0 Å². The lowest BCUT2D eigenvalue weighted by Gasteiger charge is -2.47. The Morgan fingerprint density at radius 1 is 1.18 bits per heavy atom. The van der Waals surface area contributed by atoms with Crippen molar-refractivity contribution in [3.05, 3.63) is 71.7 Å². The quantitative estimate of drug-likeness (QED) is 0.522. The number of aryl methyl sites for hydroxylation is 1. The average Bonchev–Trinajstić information content (AvgIpc) is 3.20. The van der Waals surface area contributed by atoms with Crippen molar-refractivity contribution in [2.75, 3.05) is 42.9 Å². The zero-order chi connectivity index (χ0) is 26.5. The van der Waals surface area contributed by atoms with E-state index in [0.29, 0.717) is 18.6 Å². The Kier molecular flexibility index (Phi) is 6.03. The highest BCUT2D eigenvalue weighted by molar-refractivity contribution is 5.87. The van der Waals surface area contributed by atoms with Gasteiger partial charge in [0.05, 0.1) is 16.9 Å². The third-order valence-corrected chi connectivity index (χ3v) is 8.84. The number of nitrogens with one attached hydrogen (secondary N) is 1. The summed E-state index contributed by atoms with van der Waals surface area (Å²) in [6.07, 6.45) is 8.62. The average molecular weight is 526 g/mol. The number of nitrogens with zero attached hydrogens (tertiary/aromatic N) is 6. The number of carbonyl (C=O) groups is 1. The molecule has 0 bridgehead atoms. The van der Waals surface area contributed by atoms with Crippen LogP contribution in [0.4, 0.5) is 17.2 Å². The molecular weight excluding hydrogens is 490 g/mol. The molecule has 9 heteroatoms. The van der Waals surface area contributed by atoms with Crippen molar-refractivity contribution in [2.45, 2.75) is 44.4 Å². The van der Waals surface area contributed by atoms with Gasteiger partial charge in [-0.2, -0.15) is 5.10 Å². The van der Waals surface area contributed by atoms with E-state index in [1.165, 1.54) is 28.6 Å². The number of hydrogen-bond acceptors (Lipinski definition) is 7. The van der Waals surface area contributed by atoms with Gasteiger partial charge in [-0.1, -0.05) is 12.6 Å². The molecule has 202 valence electrons. The molecule has 39 heavy (non-hydrogen) atoms. The van der Waals surface area contributed by atoms with Crippen molar-refractivity contribution in [1.82, 2.24) is 24.6 Å². The van der Waals surface area contributed by atoms with Crippen LogP contribution in [-0.2, 0) is 31.4 Å². The molecule has 0 aliphatic carbocycles. The normalized spacial score (nSPS) is 19.6. The lowest BCUT2D eigenvalue weighted by Crippen LogP contribution is -2.61. The van der Waals surface area contributed by atoms with Crippen LogP contribution < -0.4 is 15.0 Å². The van der Waals surface area contributed by atoms with E-state index in [9.17, 15) is 4.79 Å². The summed E-state index contributed by atoms with van der Waals surface area (Å²) in [5, 5.41) is 8.22. The minimum absolute atomic E-state index is 0.0441. The molecule has 2 saturated heterocycles. The summed E-state index contributed by atoms with van der Waals surface area (Å²) in [6.45, 7) is 9.64. The first-order valence-electron chi connectivity index (χ1n) is 14.0. The van der Waals surface area contributed by atoms with Gasteiger partial charge in [-0.05, 0) is 61.7 Å². The number of amides is 1. The zero-order valence-corrected chi connectivity index (χ0v) is 22.5. The third kappa shape index (κ3) is 4.44. The first-order valence-corrected chi connectivity index (χ1v) is 14.0. The SMILES string of the molecule is C=CC(=O)N1CC(N2CCC(c3ccc4c(c3)Nc3nccc(N5CCc6nn(C)cc6C5)c3CO4)CC2)C1. The van der Waals surface area contributed by atoms with Gasteiger partial charge in [0, 0.05) is 69.3 Å². The van der Waals surface area contributed by atoms with Crippen molar-refractivity contribution in [3.8, 4) is 5.75 Å². The predicted octanol–water partition coefficient (Wildman–Crippen LogP) is 3.59. The number of aromatic nitrogens is 3. The van der Waals surface area contributed by atoms with Crippen LogP contribution in [0.5, 0.6) is 5.75 Å². The Labute approximate surface area is 229 Å². The Hall–Kier alpha value is -3.85. The number of pyridine rings is 1.